The van der Waals surface area contributed by atoms with Crippen LogP contribution in [0.3, 0.4) is 0 Å². The molecule has 1 unspecified atom stereocenters. The largest absolute Gasteiger partial charge is 0.391 e. The van der Waals surface area contributed by atoms with E-state index in [9.17, 15) is 5.11 Å². The summed E-state index contributed by atoms with van der Waals surface area (Å²) in [5.74, 6) is 1.52. The normalized spacial score (nSPS) is 24.8. The van der Waals surface area contributed by atoms with E-state index in [0.717, 1.165) is 38.6 Å². The van der Waals surface area contributed by atoms with Gasteiger partial charge in [-0.15, -0.1) is 24.0 Å². The molecule has 0 aromatic heterocycles. The highest BCUT2D eigenvalue weighted by atomic mass is 127. The molecule has 0 bridgehead atoms. The summed E-state index contributed by atoms with van der Waals surface area (Å²) in [6.45, 7) is 17.0. The highest BCUT2D eigenvalue weighted by molar-refractivity contribution is 14.0. The van der Waals surface area contributed by atoms with Crippen molar-refractivity contribution in [3.63, 3.8) is 0 Å². The fraction of sp³-hybridized carbons (Fsp3) is 0.941. The highest BCUT2D eigenvalue weighted by Crippen LogP contribution is 2.10. The van der Waals surface area contributed by atoms with Crippen LogP contribution in [0.5, 0.6) is 0 Å². The minimum atomic E-state index is -0.203. The van der Waals surface area contributed by atoms with E-state index < -0.39 is 0 Å². The maximum absolute atomic E-state index is 9.72. The number of β-amino-alcohol motifs (C(OH)–C–C–N with tert-alkyl or cyclic N) is 1. The first-order chi connectivity index (χ1) is 11.1. The van der Waals surface area contributed by atoms with E-state index in [1.54, 1.807) is 0 Å². The van der Waals surface area contributed by atoms with Crippen molar-refractivity contribution in [3.05, 3.63) is 0 Å². The number of halogens is 1. The van der Waals surface area contributed by atoms with Crippen molar-refractivity contribution in [1.29, 1.82) is 0 Å². The number of likely N-dealkylation sites (tertiary alicyclic amines) is 1. The maximum atomic E-state index is 9.72. The zero-order valence-electron chi connectivity index (χ0n) is 15.6. The van der Waals surface area contributed by atoms with Crippen LogP contribution in [-0.4, -0.2) is 97.3 Å². The maximum Gasteiger partial charge on any atom is 0.194 e. The van der Waals surface area contributed by atoms with Crippen molar-refractivity contribution in [2.45, 2.75) is 33.3 Å². The second-order valence-electron chi connectivity index (χ2n) is 6.92. The number of nitrogens with one attached hydrogen (secondary N) is 1. The van der Waals surface area contributed by atoms with E-state index in [2.05, 4.69) is 40.8 Å². The van der Waals surface area contributed by atoms with E-state index in [1.165, 1.54) is 32.7 Å². The van der Waals surface area contributed by atoms with Gasteiger partial charge in [-0.05, 0) is 25.8 Å². The number of hydrogen-bond donors (Lipinski definition) is 2. The summed E-state index contributed by atoms with van der Waals surface area (Å²) in [5, 5.41) is 13.1. The van der Waals surface area contributed by atoms with Crippen LogP contribution in [0.4, 0.5) is 0 Å². The second-order valence-corrected chi connectivity index (χ2v) is 6.92. The molecule has 2 fully saturated rings. The molecule has 7 heteroatoms. The lowest BCUT2D eigenvalue weighted by molar-refractivity contribution is 0.125. The number of rotatable bonds is 6. The predicted octanol–water partition coefficient (Wildman–Crippen LogP) is 0.910. The third-order valence-corrected chi connectivity index (χ3v) is 4.83. The molecule has 6 nitrogen and oxygen atoms in total. The summed E-state index contributed by atoms with van der Waals surface area (Å²) in [5.41, 5.74) is 0. The minimum Gasteiger partial charge on any atom is -0.391 e. The van der Waals surface area contributed by atoms with Crippen LogP contribution in [0, 0.1) is 5.92 Å². The molecule has 0 amide bonds. The second kappa shape index (κ2) is 11.5. The van der Waals surface area contributed by atoms with Crippen LogP contribution in [-0.2, 0) is 0 Å². The summed E-state index contributed by atoms with van der Waals surface area (Å²) in [7, 11) is 0. The molecular formula is C17H36IN5O. The number of nitrogens with zero attached hydrogens (tertiary/aromatic N) is 4. The Bertz CT molecular complexity index is 374. The first-order valence-corrected chi connectivity index (χ1v) is 9.28. The summed E-state index contributed by atoms with van der Waals surface area (Å²) in [4.78, 5) is 12.1. The lowest BCUT2D eigenvalue weighted by Gasteiger charge is -2.35. The zero-order valence-corrected chi connectivity index (χ0v) is 17.9. The van der Waals surface area contributed by atoms with Gasteiger partial charge >= 0.3 is 0 Å². The van der Waals surface area contributed by atoms with Gasteiger partial charge in [0.1, 0.15) is 0 Å². The van der Waals surface area contributed by atoms with Gasteiger partial charge in [-0.1, -0.05) is 13.8 Å². The van der Waals surface area contributed by atoms with Crippen molar-refractivity contribution >= 4 is 29.9 Å². The number of aliphatic hydroxyl groups is 1. The van der Waals surface area contributed by atoms with E-state index in [-0.39, 0.29) is 30.1 Å². The Morgan fingerprint density at radius 2 is 1.83 bits per heavy atom. The number of likely N-dealkylation sites (N-methyl/N-ethyl adjacent to an activating group) is 1. The SMILES string of the molecule is CCNC(=NCC(C)CN1CCN(CC)CC1)N1CC[C@@H](O)C1.I. The molecule has 2 aliphatic rings. The van der Waals surface area contributed by atoms with Gasteiger partial charge in [0.05, 0.1) is 6.10 Å². The summed E-state index contributed by atoms with van der Waals surface area (Å²) >= 11 is 0. The fourth-order valence-electron chi connectivity index (χ4n) is 3.39. The van der Waals surface area contributed by atoms with E-state index in [4.69, 9.17) is 4.99 Å². The van der Waals surface area contributed by atoms with Crippen LogP contribution in [0.1, 0.15) is 27.2 Å². The molecule has 2 saturated heterocycles. The summed E-state index contributed by atoms with van der Waals surface area (Å²) in [6.07, 6.45) is 0.646. The number of hydrogen-bond acceptors (Lipinski definition) is 4. The third kappa shape index (κ3) is 7.01. The number of aliphatic imine (C=N–C) groups is 1. The van der Waals surface area contributed by atoms with Gasteiger partial charge in [0.15, 0.2) is 5.96 Å². The molecule has 0 aromatic rings. The Kier molecular flexibility index (Phi) is 10.5. The molecule has 0 aromatic carbocycles. The molecule has 2 rings (SSSR count). The van der Waals surface area contributed by atoms with Crippen LogP contribution in [0.2, 0.25) is 0 Å². The Morgan fingerprint density at radius 3 is 2.38 bits per heavy atom. The lowest BCUT2D eigenvalue weighted by atomic mass is 10.1. The first kappa shape index (κ1) is 21.9. The fourth-order valence-corrected chi connectivity index (χ4v) is 3.39. The molecule has 142 valence electrons. The van der Waals surface area contributed by atoms with Crippen molar-refractivity contribution in [3.8, 4) is 0 Å². The van der Waals surface area contributed by atoms with Gasteiger partial charge < -0.3 is 25.1 Å². The van der Waals surface area contributed by atoms with E-state index >= 15 is 0 Å². The molecule has 2 atom stereocenters. The average molecular weight is 453 g/mol. The molecule has 2 heterocycles. The molecule has 0 spiro atoms. The molecule has 2 N–H and O–H groups in total. The summed E-state index contributed by atoms with van der Waals surface area (Å²) < 4.78 is 0. The van der Waals surface area contributed by atoms with E-state index in [1.807, 2.05) is 0 Å². The predicted molar refractivity (Wildman–Crippen MR) is 111 cm³/mol. The van der Waals surface area contributed by atoms with Crippen LogP contribution in [0.15, 0.2) is 4.99 Å². The number of piperazine rings is 1. The minimum absolute atomic E-state index is 0. The third-order valence-electron chi connectivity index (χ3n) is 4.83. The average Bonchev–Trinajstić information content (AvgIpc) is 2.98. The monoisotopic (exact) mass is 453 g/mol. The molecule has 0 aliphatic carbocycles. The smallest absolute Gasteiger partial charge is 0.194 e. The zero-order chi connectivity index (χ0) is 16.7. The van der Waals surface area contributed by atoms with Gasteiger partial charge in [0, 0.05) is 58.9 Å². The highest BCUT2D eigenvalue weighted by Gasteiger charge is 2.23. The standard InChI is InChI=1S/C17H35N5O.HI/c1-4-18-17(22-7-6-16(23)14-22)19-12-15(3)13-21-10-8-20(5-2)9-11-21;/h15-16,23H,4-14H2,1-3H3,(H,18,19);1H/t15?,16-;/m1./s1. The molecule has 2 aliphatic heterocycles. The van der Waals surface area contributed by atoms with Crippen molar-refractivity contribution in [2.75, 3.05) is 65.4 Å². The van der Waals surface area contributed by atoms with E-state index in [0.29, 0.717) is 12.5 Å². The van der Waals surface area contributed by atoms with Crippen LogP contribution < -0.4 is 5.32 Å². The molecule has 24 heavy (non-hydrogen) atoms. The Hall–Kier alpha value is -0.120. The van der Waals surface area contributed by atoms with Gasteiger partial charge in [0.25, 0.3) is 0 Å². The van der Waals surface area contributed by atoms with Gasteiger partial charge in [-0.25, -0.2) is 0 Å². The Balaban J connectivity index is 0.00000288. The molecule has 0 saturated carbocycles. The Labute approximate surface area is 164 Å². The van der Waals surface area contributed by atoms with Crippen molar-refractivity contribution < 1.29 is 5.11 Å². The quantitative estimate of drug-likeness (QED) is 0.356. The van der Waals surface area contributed by atoms with Gasteiger partial charge in [-0.2, -0.15) is 0 Å². The van der Waals surface area contributed by atoms with Crippen molar-refractivity contribution in [2.24, 2.45) is 10.9 Å². The summed E-state index contributed by atoms with van der Waals surface area (Å²) in [6, 6.07) is 0. The number of guanidine groups is 1. The molecule has 0 radical (unpaired) electrons. The van der Waals surface area contributed by atoms with Gasteiger partial charge in [0.2, 0.25) is 0 Å². The first-order valence-electron chi connectivity index (χ1n) is 9.28. The molecular weight excluding hydrogens is 417 g/mol. The topological polar surface area (TPSA) is 54.3 Å². The lowest BCUT2D eigenvalue weighted by Crippen LogP contribution is -2.47. The van der Waals surface area contributed by atoms with Crippen molar-refractivity contribution in [1.82, 2.24) is 20.0 Å². The number of aliphatic hydroxyl groups excluding tert-OH is 1. The van der Waals surface area contributed by atoms with Crippen LogP contribution >= 0.6 is 24.0 Å². The Morgan fingerprint density at radius 1 is 1.17 bits per heavy atom. The van der Waals surface area contributed by atoms with Crippen LogP contribution in [0.25, 0.3) is 0 Å². The van der Waals surface area contributed by atoms with Gasteiger partial charge in [-0.3, -0.25) is 4.99 Å².